The molecule has 5 heteroatoms. The fourth-order valence-electron chi connectivity index (χ4n) is 0.473. The third kappa shape index (κ3) is 8.31. The lowest BCUT2D eigenvalue weighted by atomic mass is 10.8. The normalized spacial score (nSPS) is 12.7. The first-order valence-corrected chi connectivity index (χ1v) is 6.55. The average Bonchev–Trinajstić information content (AvgIpc) is 1.89. The van der Waals surface area contributed by atoms with Gasteiger partial charge in [0.25, 0.3) is 0 Å². The fourth-order valence-corrected chi connectivity index (χ4v) is 3.26. The lowest BCUT2D eigenvalue weighted by Gasteiger charge is -1.98. The van der Waals surface area contributed by atoms with Gasteiger partial charge in [0.15, 0.2) is 0 Å². The molecule has 0 aromatic rings. The van der Waals surface area contributed by atoms with E-state index in [1.807, 2.05) is 0 Å². The van der Waals surface area contributed by atoms with Crippen LogP contribution in [0.3, 0.4) is 0 Å². The van der Waals surface area contributed by atoms with Crippen molar-refractivity contribution in [2.24, 2.45) is 11.5 Å². The third-order valence-corrected chi connectivity index (χ3v) is 4.69. The van der Waals surface area contributed by atoms with Crippen molar-refractivity contribution in [1.82, 2.24) is 0 Å². The molecule has 0 amide bonds. The van der Waals surface area contributed by atoms with E-state index in [1.165, 1.54) is 0 Å². The molecule has 56 valence electrons. The molecule has 0 fully saturated rings. The minimum Gasteiger partial charge on any atom is -0.465 e. The Kier molecular flexibility index (Phi) is 8.60. The highest BCUT2D eigenvalue weighted by atomic mass is 28.3. The molecule has 0 rings (SSSR count). The molecule has 0 heterocycles. The first kappa shape index (κ1) is 9.31. The molecule has 0 radical (unpaired) electrons. The van der Waals surface area contributed by atoms with Crippen LogP contribution in [0.1, 0.15) is 0 Å². The molecule has 0 atom stereocenters. The van der Waals surface area contributed by atoms with Crippen LogP contribution in [-0.4, -0.2) is 32.6 Å². The first-order valence-electron chi connectivity index (χ1n) is 3.39. The fraction of sp³-hybridized carbons (Fsp3) is 1.00. The molecular formula is C4H16N2OSi2. The van der Waals surface area contributed by atoms with Crippen LogP contribution in [-0.2, 0) is 4.12 Å². The van der Waals surface area contributed by atoms with Gasteiger partial charge >= 0.3 is 0 Å². The summed E-state index contributed by atoms with van der Waals surface area (Å²) in [7, 11) is -0.456. The topological polar surface area (TPSA) is 61.3 Å². The Balaban J connectivity index is 2.60. The molecule has 0 spiro atoms. The Labute approximate surface area is 61.0 Å². The van der Waals surface area contributed by atoms with Crippen LogP contribution in [0.4, 0.5) is 0 Å². The molecule has 0 bridgehead atoms. The van der Waals surface area contributed by atoms with Gasteiger partial charge in [-0.25, -0.2) is 0 Å². The van der Waals surface area contributed by atoms with Gasteiger partial charge in [0.05, 0.1) is 0 Å². The van der Waals surface area contributed by atoms with Crippen LogP contribution in [0.2, 0.25) is 12.1 Å². The van der Waals surface area contributed by atoms with Crippen LogP contribution in [0.5, 0.6) is 0 Å². The largest absolute Gasteiger partial charge is 0.465 e. The van der Waals surface area contributed by atoms with Gasteiger partial charge in [-0.1, -0.05) is 0 Å². The summed E-state index contributed by atoms with van der Waals surface area (Å²) in [6, 6.07) is 2.25. The van der Waals surface area contributed by atoms with Gasteiger partial charge in [0.2, 0.25) is 0 Å². The van der Waals surface area contributed by atoms with Crippen LogP contribution < -0.4 is 11.5 Å². The summed E-state index contributed by atoms with van der Waals surface area (Å²) in [6.45, 7) is 1.59. The van der Waals surface area contributed by atoms with Crippen molar-refractivity contribution >= 4 is 19.5 Å². The van der Waals surface area contributed by atoms with Gasteiger partial charge in [0, 0.05) is 0 Å². The minimum absolute atomic E-state index is 0.228. The monoisotopic (exact) mass is 164 g/mol. The SMILES string of the molecule is NCC[SiH2]O[SiH2]CCN. The lowest BCUT2D eigenvalue weighted by Crippen LogP contribution is -2.11. The summed E-state index contributed by atoms with van der Waals surface area (Å²) < 4.78 is 5.43. The van der Waals surface area contributed by atoms with E-state index in [0.29, 0.717) is 0 Å². The summed E-state index contributed by atoms with van der Waals surface area (Å²) in [5.41, 5.74) is 10.6. The van der Waals surface area contributed by atoms with Crippen molar-refractivity contribution in [3.05, 3.63) is 0 Å². The van der Waals surface area contributed by atoms with E-state index in [2.05, 4.69) is 0 Å². The second kappa shape index (κ2) is 8.31. The molecule has 0 saturated carbocycles. The number of hydrogen-bond donors (Lipinski definition) is 2. The van der Waals surface area contributed by atoms with Crippen molar-refractivity contribution in [3.63, 3.8) is 0 Å². The molecule has 9 heavy (non-hydrogen) atoms. The van der Waals surface area contributed by atoms with Gasteiger partial charge < -0.3 is 15.6 Å². The molecular weight excluding hydrogens is 148 g/mol. The Bertz CT molecular complexity index is 49.8. The molecule has 0 unspecified atom stereocenters. The zero-order valence-electron chi connectivity index (χ0n) is 5.81. The van der Waals surface area contributed by atoms with E-state index in [0.717, 1.165) is 25.2 Å². The summed E-state index contributed by atoms with van der Waals surface area (Å²) in [6.07, 6.45) is 0. The summed E-state index contributed by atoms with van der Waals surface area (Å²) in [5.74, 6) is 0. The van der Waals surface area contributed by atoms with E-state index in [4.69, 9.17) is 15.6 Å². The Hall–Kier alpha value is 0.314. The van der Waals surface area contributed by atoms with E-state index in [1.54, 1.807) is 0 Å². The van der Waals surface area contributed by atoms with E-state index in [9.17, 15) is 0 Å². The zero-order chi connectivity index (χ0) is 6.95. The smallest absolute Gasteiger partial charge is 0.147 e. The van der Waals surface area contributed by atoms with Crippen molar-refractivity contribution in [2.75, 3.05) is 13.1 Å². The maximum atomic E-state index is 5.43. The van der Waals surface area contributed by atoms with Crippen LogP contribution in [0.25, 0.3) is 0 Å². The standard InChI is InChI=1S/C4H16N2OSi2/c5-1-3-8-7-9-4-2-6/h1-6,8-9H2. The maximum absolute atomic E-state index is 5.43. The Morgan fingerprint density at radius 3 is 1.78 bits per heavy atom. The highest BCUT2D eigenvalue weighted by Crippen LogP contribution is 1.78. The molecule has 0 aromatic heterocycles. The van der Waals surface area contributed by atoms with E-state index < -0.39 is 0 Å². The number of nitrogens with two attached hydrogens (primary N) is 2. The molecule has 0 aliphatic heterocycles. The molecule has 0 aliphatic rings. The summed E-state index contributed by atoms with van der Waals surface area (Å²) >= 11 is 0. The molecule has 4 N–H and O–H groups in total. The molecule has 0 aliphatic carbocycles. The summed E-state index contributed by atoms with van der Waals surface area (Å²) in [4.78, 5) is 0. The van der Waals surface area contributed by atoms with E-state index in [-0.39, 0.29) is 19.5 Å². The first-order chi connectivity index (χ1) is 4.41. The minimum atomic E-state index is -0.228. The van der Waals surface area contributed by atoms with Crippen molar-refractivity contribution in [3.8, 4) is 0 Å². The molecule has 0 aromatic carbocycles. The summed E-state index contributed by atoms with van der Waals surface area (Å²) in [5, 5.41) is 0. The lowest BCUT2D eigenvalue weighted by molar-refractivity contribution is 0.632. The average molecular weight is 164 g/mol. The predicted octanol–water partition coefficient (Wildman–Crippen LogP) is -2.08. The Morgan fingerprint density at radius 1 is 1.00 bits per heavy atom. The van der Waals surface area contributed by atoms with Gasteiger partial charge in [-0.15, -0.1) is 0 Å². The second-order valence-electron chi connectivity index (χ2n) is 1.90. The Morgan fingerprint density at radius 2 is 1.44 bits per heavy atom. The highest BCUT2D eigenvalue weighted by molar-refractivity contribution is 6.42. The van der Waals surface area contributed by atoms with Crippen molar-refractivity contribution in [2.45, 2.75) is 12.1 Å². The van der Waals surface area contributed by atoms with Gasteiger partial charge in [-0.05, 0) is 25.2 Å². The van der Waals surface area contributed by atoms with Gasteiger partial charge in [0.1, 0.15) is 19.5 Å². The van der Waals surface area contributed by atoms with Crippen molar-refractivity contribution < 1.29 is 4.12 Å². The van der Waals surface area contributed by atoms with Crippen molar-refractivity contribution in [1.29, 1.82) is 0 Å². The van der Waals surface area contributed by atoms with Crippen LogP contribution >= 0.6 is 0 Å². The maximum Gasteiger partial charge on any atom is 0.147 e. The predicted molar refractivity (Wildman–Crippen MR) is 45.9 cm³/mol. The molecule has 0 saturated heterocycles. The van der Waals surface area contributed by atoms with E-state index >= 15 is 0 Å². The highest BCUT2D eigenvalue weighted by Gasteiger charge is 1.86. The van der Waals surface area contributed by atoms with Crippen LogP contribution in [0, 0.1) is 0 Å². The van der Waals surface area contributed by atoms with Crippen LogP contribution in [0.15, 0.2) is 0 Å². The number of hydrogen-bond acceptors (Lipinski definition) is 3. The quantitative estimate of drug-likeness (QED) is 0.350. The second-order valence-corrected chi connectivity index (χ2v) is 5.76. The molecule has 3 nitrogen and oxygen atoms in total. The van der Waals surface area contributed by atoms with Gasteiger partial charge in [-0.2, -0.15) is 0 Å². The third-order valence-electron chi connectivity index (χ3n) is 0.986. The van der Waals surface area contributed by atoms with Gasteiger partial charge in [-0.3, -0.25) is 0 Å². The zero-order valence-corrected chi connectivity index (χ0v) is 8.63. The number of rotatable bonds is 6.